The number of hydrogen-bond acceptors (Lipinski definition) is 5. The molecule has 0 fully saturated rings. The highest BCUT2D eigenvalue weighted by Gasteiger charge is 2.13. The van der Waals surface area contributed by atoms with Crippen LogP contribution in [0.4, 0.5) is 11.4 Å². The topological polar surface area (TPSA) is 72.2 Å². The molecule has 100 valence electrons. The molecule has 0 saturated heterocycles. The third-order valence-corrected chi connectivity index (χ3v) is 4.38. The average Bonchev–Trinajstić information content (AvgIpc) is 2.29. The number of nitrogens with one attached hydrogen (secondary N) is 1. The molecule has 0 aliphatic heterocycles. The lowest BCUT2D eigenvalue weighted by Gasteiger charge is -2.11. The van der Waals surface area contributed by atoms with Gasteiger partial charge < -0.3 is 11.1 Å². The number of sulfone groups is 1. The number of nitrogens with two attached hydrogens (primary N) is 1. The van der Waals surface area contributed by atoms with Crippen molar-refractivity contribution in [2.75, 3.05) is 35.4 Å². The van der Waals surface area contributed by atoms with Gasteiger partial charge in [0.15, 0.2) is 9.84 Å². The molecule has 1 rings (SSSR count). The summed E-state index contributed by atoms with van der Waals surface area (Å²) in [6, 6.07) is 4.98. The summed E-state index contributed by atoms with van der Waals surface area (Å²) in [6.45, 7) is 4.37. The maximum atomic E-state index is 11.5. The van der Waals surface area contributed by atoms with Crippen LogP contribution in [-0.4, -0.2) is 32.7 Å². The van der Waals surface area contributed by atoms with E-state index in [-0.39, 0.29) is 10.6 Å². The monoisotopic (exact) mass is 286 g/mol. The summed E-state index contributed by atoms with van der Waals surface area (Å²) < 4.78 is 23.0. The van der Waals surface area contributed by atoms with E-state index in [2.05, 4.69) is 11.9 Å². The van der Waals surface area contributed by atoms with Crippen LogP contribution in [0.15, 0.2) is 35.7 Å². The minimum atomic E-state index is -3.28. The van der Waals surface area contributed by atoms with Gasteiger partial charge in [-0.2, -0.15) is 11.8 Å². The summed E-state index contributed by atoms with van der Waals surface area (Å²) in [4.78, 5) is 0.172. The Morgan fingerprint density at radius 3 is 2.83 bits per heavy atom. The van der Waals surface area contributed by atoms with Crippen LogP contribution in [0, 0.1) is 0 Å². The molecule has 0 amide bonds. The summed E-state index contributed by atoms with van der Waals surface area (Å²) in [5.41, 5.74) is 6.80. The standard InChI is InChI=1S/C12H18N2O2S2/c1-3-8-17-9-7-14-10-5-4-6-11(12(10)13)18(2,15)16/h3-6,14H,1,7-9,13H2,2H3. The number of benzene rings is 1. The summed E-state index contributed by atoms with van der Waals surface area (Å²) >= 11 is 1.75. The van der Waals surface area contributed by atoms with E-state index >= 15 is 0 Å². The quantitative estimate of drug-likeness (QED) is 0.456. The minimum Gasteiger partial charge on any atom is -0.396 e. The van der Waals surface area contributed by atoms with E-state index in [1.807, 2.05) is 6.08 Å². The molecular weight excluding hydrogens is 268 g/mol. The summed E-state index contributed by atoms with van der Waals surface area (Å²) in [5.74, 6) is 1.81. The molecule has 18 heavy (non-hydrogen) atoms. The number of thioether (sulfide) groups is 1. The van der Waals surface area contributed by atoms with Gasteiger partial charge in [0, 0.05) is 24.3 Å². The minimum absolute atomic E-state index is 0.172. The van der Waals surface area contributed by atoms with Crippen LogP contribution in [0.25, 0.3) is 0 Å². The highest BCUT2D eigenvalue weighted by Crippen LogP contribution is 2.26. The maximum absolute atomic E-state index is 11.5. The fraction of sp³-hybridized carbons (Fsp3) is 0.333. The first-order chi connectivity index (χ1) is 8.46. The summed E-state index contributed by atoms with van der Waals surface area (Å²) in [7, 11) is -3.28. The molecule has 1 aromatic carbocycles. The molecule has 0 spiro atoms. The van der Waals surface area contributed by atoms with E-state index in [4.69, 9.17) is 5.73 Å². The van der Waals surface area contributed by atoms with Crippen LogP contribution in [0.2, 0.25) is 0 Å². The van der Waals surface area contributed by atoms with E-state index in [1.54, 1.807) is 23.9 Å². The second-order valence-electron chi connectivity index (χ2n) is 3.78. The van der Waals surface area contributed by atoms with Crippen LogP contribution in [0.3, 0.4) is 0 Å². The van der Waals surface area contributed by atoms with Crippen molar-refractivity contribution in [2.24, 2.45) is 0 Å². The van der Waals surface area contributed by atoms with Crippen LogP contribution < -0.4 is 11.1 Å². The second kappa shape index (κ2) is 6.70. The molecule has 0 radical (unpaired) electrons. The number of para-hydroxylation sites is 1. The molecule has 6 heteroatoms. The number of rotatable bonds is 7. The predicted octanol–water partition coefficient (Wildman–Crippen LogP) is 2.00. The van der Waals surface area contributed by atoms with Crippen molar-refractivity contribution in [2.45, 2.75) is 4.90 Å². The van der Waals surface area contributed by atoms with Gasteiger partial charge in [0.1, 0.15) is 0 Å². The van der Waals surface area contributed by atoms with Gasteiger partial charge in [-0.3, -0.25) is 0 Å². The largest absolute Gasteiger partial charge is 0.396 e. The SMILES string of the molecule is C=CCSCCNc1cccc(S(C)(=O)=O)c1N. The molecule has 0 aliphatic rings. The highest BCUT2D eigenvalue weighted by molar-refractivity contribution is 7.99. The molecule has 0 saturated carbocycles. The first kappa shape index (κ1) is 14.9. The van der Waals surface area contributed by atoms with Crippen molar-refractivity contribution in [3.05, 3.63) is 30.9 Å². The number of hydrogen-bond donors (Lipinski definition) is 2. The van der Waals surface area contributed by atoms with Gasteiger partial charge in [0.2, 0.25) is 0 Å². The summed E-state index contributed by atoms with van der Waals surface area (Å²) in [5, 5.41) is 3.14. The van der Waals surface area contributed by atoms with E-state index in [9.17, 15) is 8.42 Å². The van der Waals surface area contributed by atoms with Crippen molar-refractivity contribution < 1.29 is 8.42 Å². The van der Waals surface area contributed by atoms with Gasteiger partial charge in [-0.05, 0) is 12.1 Å². The van der Waals surface area contributed by atoms with E-state index in [1.165, 1.54) is 6.07 Å². The molecule has 0 heterocycles. The second-order valence-corrected chi connectivity index (χ2v) is 6.91. The Kier molecular flexibility index (Phi) is 5.55. The van der Waals surface area contributed by atoms with Gasteiger partial charge in [0.25, 0.3) is 0 Å². The van der Waals surface area contributed by atoms with E-state index < -0.39 is 9.84 Å². The zero-order valence-corrected chi connectivity index (χ0v) is 12.0. The Morgan fingerprint density at radius 1 is 1.50 bits per heavy atom. The van der Waals surface area contributed by atoms with E-state index in [0.29, 0.717) is 5.69 Å². The predicted molar refractivity (Wildman–Crippen MR) is 80.0 cm³/mol. The lowest BCUT2D eigenvalue weighted by molar-refractivity contribution is 0.602. The van der Waals surface area contributed by atoms with Crippen molar-refractivity contribution >= 4 is 33.0 Å². The molecule has 0 atom stereocenters. The van der Waals surface area contributed by atoms with Gasteiger partial charge in [-0.25, -0.2) is 8.42 Å². The van der Waals surface area contributed by atoms with Crippen LogP contribution in [0.5, 0.6) is 0 Å². The summed E-state index contributed by atoms with van der Waals surface area (Å²) in [6.07, 6.45) is 3.01. The van der Waals surface area contributed by atoms with Gasteiger partial charge in [-0.1, -0.05) is 12.1 Å². The zero-order valence-electron chi connectivity index (χ0n) is 10.3. The van der Waals surface area contributed by atoms with Crippen molar-refractivity contribution in [3.8, 4) is 0 Å². The lowest BCUT2D eigenvalue weighted by atomic mass is 10.2. The first-order valence-electron chi connectivity index (χ1n) is 5.48. The van der Waals surface area contributed by atoms with Crippen molar-refractivity contribution in [1.82, 2.24) is 0 Å². The fourth-order valence-corrected chi connectivity index (χ4v) is 2.86. The Morgan fingerprint density at radius 2 is 2.22 bits per heavy atom. The normalized spacial score (nSPS) is 11.2. The lowest BCUT2D eigenvalue weighted by Crippen LogP contribution is -2.09. The first-order valence-corrected chi connectivity index (χ1v) is 8.52. The molecule has 0 bridgehead atoms. The Labute approximate surface area is 113 Å². The number of nitrogen functional groups attached to an aromatic ring is 1. The Bertz CT molecular complexity index is 513. The third-order valence-electron chi connectivity index (χ3n) is 2.26. The molecule has 4 nitrogen and oxygen atoms in total. The highest BCUT2D eigenvalue weighted by atomic mass is 32.2. The van der Waals surface area contributed by atoms with Crippen LogP contribution >= 0.6 is 11.8 Å². The molecular formula is C12H18N2O2S2. The maximum Gasteiger partial charge on any atom is 0.177 e. The number of anilines is 2. The van der Waals surface area contributed by atoms with Gasteiger partial charge in [-0.15, -0.1) is 6.58 Å². The van der Waals surface area contributed by atoms with Crippen molar-refractivity contribution in [3.63, 3.8) is 0 Å². The Hall–Kier alpha value is -1.14. The molecule has 1 aromatic rings. The van der Waals surface area contributed by atoms with Gasteiger partial charge >= 0.3 is 0 Å². The molecule has 3 N–H and O–H groups in total. The van der Waals surface area contributed by atoms with Gasteiger partial charge in [0.05, 0.1) is 16.3 Å². The third kappa shape index (κ3) is 4.27. The van der Waals surface area contributed by atoms with Crippen molar-refractivity contribution in [1.29, 1.82) is 0 Å². The Balaban J connectivity index is 2.70. The molecule has 0 aromatic heterocycles. The van der Waals surface area contributed by atoms with E-state index in [0.717, 1.165) is 24.3 Å². The molecule has 0 unspecified atom stereocenters. The fourth-order valence-electron chi connectivity index (χ4n) is 1.45. The van der Waals surface area contributed by atoms with Crippen LogP contribution in [-0.2, 0) is 9.84 Å². The smallest absolute Gasteiger partial charge is 0.177 e. The average molecular weight is 286 g/mol. The zero-order chi connectivity index (χ0) is 13.6. The molecule has 0 aliphatic carbocycles. The van der Waals surface area contributed by atoms with Crippen LogP contribution in [0.1, 0.15) is 0 Å².